The number of ether oxygens (including phenoxy) is 1. The highest BCUT2D eigenvalue weighted by Gasteiger charge is 2.33. The zero-order valence-corrected chi connectivity index (χ0v) is 13.9. The van der Waals surface area contributed by atoms with Crippen molar-refractivity contribution in [1.29, 1.82) is 0 Å². The third-order valence-corrected chi connectivity index (χ3v) is 5.09. The molecule has 2 saturated heterocycles. The van der Waals surface area contributed by atoms with Crippen molar-refractivity contribution < 1.29 is 19.7 Å². The number of hydrogen-bond donors (Lipinski definition) is 2. The summed E-state index contributed by atoms with van der Waals surface area (Å²) < 4.78 is 5.40. The van der Waals surface area contributed by atoms with Gasteiger partial charge >= 0.3 is 5.97 Å². The maximum Gasteiger partial charge on any atom is 0.335 e. The summed E-state index contributed by atoms with van der Waals surface area (Å²) in [5.41, 5.74) is 1.43. The zero-order valence-electron chi connectivity index (χ0n) is 13.9. The summed E-state index contributed by atoms with van der Waals surface area (Å²) in [4.78, 5) is 15.7. The fourth-order valence-corrected chi connectivity index (χ4v) is 3.70. The van der Waals surface area contributed by atoms with E-state index < -0.39 is 5.97 Å². The summed E-state index contributed by atoms with van der Waals surface area (Å²) in [6.45, 7) is 7.47. The van der Waals surface area contributed by atoms with Crippen molar-refractivity contribution in [3.05, 3.63) is 35.4 Å². The van der Waals surface area contributed by atoms with Gasteiger partial charge in [0.1, 0.15) is 0 Å². The summed E-state index contributed by atoms with van der Waals surface area (Å²) in [6, 6.07) is 7.07. The van der Waals surface area contributed by atoms with E-state index in [-0.39, 0.29) is 6.61 Å². The molecule has 0 aromatic heterocycles. The lowest BCUT2D eigenvalue weighted by Gasteiger charge is -2.30. The van der Waals surface area contributed by atoms with E-state index in [1.165, 1.54) is 0 Å². The molecule has 6 nitrogen and oxygen atoms in total. The third kappa shape index (κ3) is 4.33. The maximum atomic E-state index is 10.9. The van der Waals surface area contributed by atoms with Crippen LogP contribution < -0.4 is 0 Å². The Labute approximate surface area is 142 Å². The number of nitrogens with zero attached hydrogens (tertiary/aromatic N) is 2. The van der Waals surface area contributed by atoms with E-state index >= 15 is 0 Å². The minimum absolute atomic E-state index is 0.226. The molecule has 2 aliphatic rings. The number of carbonyl (C=O) groups is 1. The number of aliphatic hydroxyl groups excluding tert-OH is 1. The molecule has 2 fully saturated rings. The number of aliphatic hydroxyl groups is 1. The molecule has 2 aliphatic heterocycles. The highest BCUT2D eigenvalue weighted by atomic mass is 16.5. The van der Waals surface area contributed by atoms with Crippen molar-refractivity contribution in [3.8, 4) is 0 Å². The SMILES string of the molecule is O=C(O)c1ccc(CN2C[C@@H](CO)[C@@H](CN3CCOCC3)C2)cc1. The van der Waals surface area contributed by atoms with Crippen LogP contribution in [0.15, 0.2) is 24.3 Å². The van der Waals surface area contributed by atoms with Gasteiger partial charge in [0.15, 0.2) is 0 Å². The first-order chi connectivity index (χ1) is 11.7. The molecule has 0 aliphatic carbocycles. The summed E-state index contributed by atoms with van der Waals surface area (Å²) in [7, 11) is 0. The van der Waals surface area contributed by atoms with Gasteiger partial charge < -0.3 is 14.9 Å². The first-order valence-corrected chi connectivity index (χ1v) is 8.61. The Hall–Kier alpha value is -1.47. The van der Waals surface area contributed by atoms with Gasteiger partial charge in [-0.2, -0.15) is 0 Å². The third-order valence-electron chi connectivity index (χ3n) is 5.09. The molecule has 0 bridgehead atoms. The fourth-order valence-electron chi connectivity index (χ4n) is 3.70. The standard InChI is InChI=1S/C18H26N2O4/c21-13-17-12-20(9-14-1-3-15(4-2-14)18(22)23)11-16(17)10-19-5-7-24-8-6-19/h1-4,16-17,21H,5-13H2,(H,22,23)/t16-,17-/m0/s1. The largest absolute Gasteiger partial charge is 0.478 e. The number of carboxylic acids is 1. The zero-order chi connectivity index (χ0) is 16.9. The second-order valence-corrected chi connectivity index (χ2v) is 6.81. The van der Waals surface area contributed by atoms with Gasteiger partial charge in [-0.3, -0.25) is 9.80 Å². The molecule has 6 heteroatoms. The van der Waals surface area contributed by atoms with Crippen LogP contribution in [0, 0.1) is 11.8 Å². The van der Waals surface area contributed by atoms with E-state index in [1.807, 2.05) is 12.1 Å². The summed E-state index contributed by atoms with van der Waals surface area (Å²) in [5.74, 6) is -0.105. The van der Waals surface area contributed by atoms with E-state index in [0.29, 0.717) is 17.4 Å². The molecule has 3 rings (SSSR count). The van der Waals surface area contributed by atoms with Crippen molar-refractivity contribution in [1.82, 2.24) is 9.80 Å². The number of likely N-dealkylation sites (tertiary alicyclic amines) is 1. The maximum absolute atomic E-state index is 10.9. The van der Waals surface area contributed by atoms with E-state index in [0.717, 1.165) is 58.0 Å². The van der Waals surface area contributed by atoms with Crippen LogP contribution in [0.4, 0.5) is 0 Å². The molecule has 0 amide bonds. The van der Waals surface area contributed by atoms with Crippen LogP contribution in [0.1, 0.15) is 15.9 Å². The van der Waals surface area contributed by atoms with Gasteiger partial charge in [-0.1, -0.05) is 12.1 Å². The van der Waals surface area contributed by atoms with Crippen molar-refractivity contribution in [2.24, 2.45) is 11.8 Å². The highest BCUT2D eigenvalue weighted by Crippen LogP contribution is 2.26. The molecule has 0 radical (unpaired) electrons. The van der Waals surface area contributed by atoms with Gasteiger partial charge in [-0.05, 0) is 29.5 Å². The number of hydrogen-bond acceptors (Lipinski definition) is 5. The number of rotatable bonds is 6. The van der Waals surface area contributed by atoms with Gasteiger partial charge in [0, 0.05) is 45.9 Å². The molecular formula is C18H26N2O4. The molecule has 1 aromatic rings. The second-order valence-electron chi connectivity index (χ2n) is 6.81. The first kappa shape index (κ1) is 17.4. The van der Waals surface area contributed by atoms with Gasteiger partial charge in [-0.25, -0.2) is 4.79 Å². The van der Waals surface area contributed by atoms with Crippen LogP contribution in [-0.4, -0.2) is 78.5 Å². The molecule has 2 N–H and O–H groups in total. The quantitative estimate of drug-likeness (QED) is 0.800. The lowest BCUT2D eigenvalue weighted by atomic mass is 9.96. The van der Waals surface area contributed by atoms with Gasteiger partial charge in [0.2, 0.25) is 0 Å². The Morgan fingerprint density at radius 3 is 2.38 bits per heavy atom. The van der Waals surface area contributed by atoms with E-state index in [4.69, 9.17) is 9.84 Å². The molecule has 0 unspecified atom stereocenters. The summed E-state index contributed by atoms with van der Waals surface area (Å²) in [6.07, 6.45) is 0. The second kappa shape index (κ2) is 8.07. The van der Waals surface area contributed by atoms with Crippen LogP contribution in [0.3, 0.4) is 0 Å². The summed E-state index contributed by atoms with van der Waals surface area (Å²) >= 11 is 0. The Bertz CT molecular complexity index is 542. The van der Waals surface area contributed by atoms with Crippen molar-refractivity contribution in [3.63, 3.8) is 0 Å². The van der Waals surface area contributed by atoms with Crippen LogP contribution >= 0.6 is 0 Å². The smallest absolute Gasteiger partial charge is 0.335 e. The van der Waals surface area contributed by atoms with E-state index in [2.05, 4.69) is 9.80 Å². The molecule has 1 aromatic carbocycles. The van der Waals surface area contributed by atoms with Crippen molar-refractivity contribution in [2.45, 2.75) is 6.54 Å². The normalized spacial score (nSPS) is 25.9. The molecule has 2 atom stereocenters. The van der Waals surface area contributed by atoms with Crippen LogP contribution in [-0.2, 0) is 11.3 Å². The number of morpholine rings is 1. The Balaban J connectivity index is 1.55. The predicted octanol–water partition coefficient (Wildman–Crippen LogP) is 0.757. The Morgan fingerprint density at radius 2 is 1.75 bits per heavy atom. The van der Waals surface area contributed by atoms with Gasteiger partial charge in [-0.15, -0.1) is 0 Å². The Kier molecular flexibility index (Phi) is 5.84. The van der Waals surface area contributed by atoms with E-state index in [9.17, 15) is 9.90 Å². The van der Waals surface area contributed by atoms with Crippen molar-refractivity contribution >= 4 is 5.97 Å². The average Bonchev–Trinajstić information content (AvgIpc) is 2.97. The minimum Gasteiger partial charge on any atom is -0.478 e. The van der Waals surface area contributed by atoms with Gasteiger partial charge in [0.05, 0.1) is 18.8 Å². The molecule has 24 heavy (non-hydrogen) atoms. The molecule has 0 saturated carbocycles. The lowest BCUT2D eigenvalue weighted by Crippen LogP contribution is -2.41. The van der Waals surface area contributed by atoms with Crippen LogP contribution in [0.5, 0.6) is 0 Å². The molecule has 132 valence electrons. The highest BCUT2D eigenvalue weighted by molar-refractivity contribution is 5.87. The molecular weight excluding hydrogens is 308 g/mol. The predicted molar refractivity (Wildman–Crippen MR) is 90.0 cm³/mol. The van der Waals surface area contributed by atoms with E-state index in [1.54, 1.807) is 12.1 Å². The number of benzene rings is 1. The molecule has 2 heterocycles. The lowest BCUT2D eigenvalue weighted by molar-refractivity contribution is 0.0264. The first-order valence-electron chi connectivity index (χ1n) is 8.61. The average molecular weight is 334 g/mol. The van der Waals surface area contributed by atoms with Crippen molar-refractivity contribution in [2.75, 3.05) is 52.5 Å². The number of aromatic carboxylic acids is 1. The number of carboxylic acid groups (broad SMARTS) is 1. The fraction of sp³-hybridized carbons (Fsp3) is 0.611. The Morgan fingerprint density at radius 1 is 1.08 bits per heavy atom. The van der Waals surface area contributed by atoms with Crippen LogP contribution in [0.25, 0.3) is 0 Å². The summed E-state index contributed by atoms with van der Waals surface area (Å²) in [5, 5.41) is 18.7. The van der Waals surface area contributed by atoms with Gasteiger partial charge in [0.25, 0.3) is 0 Å². The van der Waals surface area contributed by atoms with Crippen LogP contribution in [0.2, 0.25) is 0 Å². The molecule has 0 spiro atoms. The minimum atomic E-state index is -0.895. The monoisotopic (exact) mass is 334 g/mol. The topological polar surface area (TPSA) is 73.2 Å².